The SMILES string of the molecule is COc1nc(NN)nc(Nc2ccc(N(C)C)cc2)n1. The number of hydrazine groups is 1. The Bertz CT molecular complexity index is 548. The molecule has 0 atom stereocenters. The predicted octanol–water partition coefficient (Wildman–Crippen LogP) is 0.975. The lowest BCUT2D eigenvalue weighted by molar-refractivity contribution is 0.379. The number of anilines is 4. The van der Waals surface area contributed by atoms with Crippen LogP contribution in [0.4, 0.5) is 23.3 Å². The molecule has 0 saturated heterocycles. The number of nitrogens with zero attached hydrogens (tertiary/aromatic N) is 4. The minimum Gasteiger partial charge on any atom is -0.467 e. The standard InChI is InChI=1S/C12H17N7O/c1-19(2)9-6-4-8(5-7-9)14-10-15-11(18-13)17-12(16-10)20-3/h4-7H,13H2,1-3H3,(H2,14,15,16,17,18). The van der Waals surface area contributed by atoms with Crippen LogP contribution in [0.25, 0.3) is 0 Å². The van der Waals surface area contributed by atoms with Gasteiger partial charge in [-0.3, -0.25) is 5.43 Å². The highest BCUT2D eigenvalue weighted by Gasteiger charge is 2.06. The van der Waals surface area contributed by atoms with E-state index in [-0.39, 0.29) is 12.0 Å². The number of benzene rings is 1. The van der Waals surface area contributed by atoms with Gasteiger partial charge in [0.25, 0.3) is 0 Å². The van der Waals surface area contributed by atoms with Crippen LogP contribution >= 0.6 is 0 Å². The van der Waals surface area contributed by atoms with Gasteiger partial charge >= 0.3 is 6.01 Å². The first kappa shape index (κ1) is 13.8. The summed E-state index contributed by atoms with van der Waals surface area (Å²) in [6.45, 7) is 0. The number of nitrogens with two attached hydrogens (primary N) is 1. The molecule has 2 rings (SSSR count). The van der Waals surface area contributed by atoms with Crippen molar-refractivity contribution in [2.75, 3.05) is 36.8 Å². The number of rotatable bonds is 5. The van der Waals surface area contributed by atoms with Crippen molar-refractivity contribution in [2.45, 2.75) is 0 Å². The monoisotopic (exact) mass is 275 g/mol. The van der Waals surface area contributed by atoms with Crippen LogP contribution in [0, 0.1) is 0 Å². The van der Waals surface area contributed by atoms with E-state index >= 15 is 0 Å². The molecule has 20 heavy (non-hydrogen) atoms. The Balaban J connectivity index is 2.20. The van der Waals surface area contributed by atoms with Gasteiger partial charge in [0.1, 0.15) is 0 Å². The zero-order valence-corrected chi connectivity index (χ0v) is 11.6. The van der Waals surface area contributed by atoms with Gasteiger partial charge in [-0.15, -0.1) is 0 Å². The van der Waals surface area contributed by atoms with E-state index in [4.69, 9.17) is 10.6 Å². The second-order valence-electron chi connectivity index (χ2n) is 4.18. The van der Waals surface area contributed by atoms with Gasteiger partial charge in [0, 0.05) is 25.5 Å². The maximum atomic E-state index is 5.30. The topological polar surface area (TPSA) is 101 Å². The van der Waals surface area contributed by atoms with E-state index in [0.29, 0.717) is 5.95 Å². The normalized spacial score (nSPS) is 10.0. The Morgan fingerprint density at radius 2 is 1.70 bits per heavy atom. The highest BCUT2D eigenvalue weighted by atomic mass is 16.5. The highest BCUT2D eigenvalue weighted by Crippen LogP contribution is 2.19. The number of hydrogen-bond acceptors (Lipinski definition) is 8. The van der Waals surface area contributed by atoms with Crippen LogP contribution in [0.1, 0.15) is 0 Å². The molecule has 1 aromatic heterocycles. The lowest BCUT2D eigenvalue weighted by Crippen LogP contribution is -2.13. The number of hydrogen-bond donors (Lipinski definition) is 3. The van der Waals surface area contributed by atoms with Gasteiger partial charge in [-0.05, 0) is 24.3 Å². The summed E-state index contributed by atoms with van der Waals surface area (Å²) in [5.74, 6) is 5.87. The molecule has 0 bridgehead atoms. The zero-order valence-electron chi connectivity index (χ0n) is 11.6. The van der Waals surface area contributed by atoms with Crippen molar-refractivity contribution in [1.29, 1.82) is 0 Å². The maximum absolute atomic E-state index is 5.30. The van der Waals surface area contributed by atoms with Crippen LogP contribution in [0.3, 0.4) is 0 Å². The maximum Gasteiger partial charge on any atom is 0.322 e. The first-order valence-corrected chi connectivity index (χ1v) is 5.93. The number of ether oxygens (including phenoxy) is 1. The molecule has 0 fully saturated rings. The van der Waals surface area contributed by atoms with Crippen LogP contribution in [0.2, 0.25) is 0 Å². The molecule has 0 radical (unpaired) electrons. The van der Waals surface area contributed by atoms with E-state index in [0.717, 1.165) is 11.4 Å². The lowest BCUT2D eigenvalue weighted by atomic mass is 10.2. The van der Waals surface area contributed by atoms with Crippen LogP contribution in [0.5, 0.6) is 6.01 Å². The van der Waals surface area contributed by atoms with Gasteiger partial charge < -0.3 is 15.0 Å². The minimum absolute atomic E-state index is 0.181. The van der Waals surface area contributed by atoms with Gasteiger partial charge in [0.05, 0.1) is 7.11 Å². The van der Waals surface area contributed by atoms with Crippen LogP contribution in [-0.4, -0.2) is 36.2 Å². The van der Waals surface area contributed by atoms with E-state index in [2.05, 4.69) is 25.7 Å². The minimum atomic E-state index is 0.181. The summed E-state index contributed by atoms with van der Waals surface area (Å²) in [6.07, 6.45) is 0. The third-order valence-corrected chi connectivity index (χ3v) is 2.57. The van der Waals surface area contributed by atoms with Crippen molar-refractivity contribution in [3.63, 3.8) is 0 Å². The summed E-state index contributed by atoms with van der Waals surface area (Å²) < 4.78 is 4.98. The van der Waals surface area contributed by atoms with E-state index in [1.54, 1.807) is 0 Å². The Kier molecular flexibility index (Phi) is 4.16. The quantitative estimate of drug-likeness (QED) is 0.548. The largest absolute Gasteiger partial charge is 0.467 e. The van der Waals surface area contributed by atoms with E-state index in [9.17, 15) is 0 Å². The molecule has 4 N–H and O–H groups in total. The van der Waals surface area contributed by atoms with E-state index in [1.807, 2.05) is 43.3 Å². The Morgan fingerprint density at radius 1 is 1.05 bits per heavy atom. The average Bonchev–Trinajstić information content (AvgIpc) is 2.47. The predicted molar refractivity (Wildman–Crippen MR) is 78.2 cm³/mol. The summed E-state index contributed by atoms with van der Waals surface area (Å²) in [5, 5.41) is 3.06. The number of nitrogens with one attached hydrogen (secondary N) is 2. The molecule has 0 spiro atoms. The molecule has 8 heteroatoms. The van der Waals surface area contributed by atoms with Crippen molar-refractivity contribution in [3.8, 4) is 6.01 Å². The molecule has 0 aliphatic carbocycles. The molecular weight excluding hydrogens is 258 g/mol. The van der Waals surface area contributed by atoms with Crippen molar-refractivity contribution in [1.82, 2.24) is 15.0 Å². The van der Waals surface area contributed by atoms with Crippen LogP contribution in [0.15, 0.2) is 24.3 Å². The second kappa shape index (κ2) is 6.02. The Labute approximate surface area is 117 Å². The molecule has 0 aliphatic rings. The van der Waals surface area contributed by atoms with Gasteiger partial charge in [-0.2, -0.15) is 15.0 Å². The Hall–Kier alpha value is -2.61. The van der Waals surface area contributed by atoms with E-state index in [1.165, 1.54) is 7.11 Å². The number of nitrogen functional groups attached to an aromatic ring is 1. The molecule has 1 aromatic carbocycles. The molecular formula is C12H17N7O. The number of aromatic nitrogens is 3. The van der Waals surface area contributed by atoms with E-state index < -0.39 is 0 Å². The molecule has 0 amide bonds. The molecule has 0 saturated carbocycles. The smallest absolute Gasteiger partial charge is 0.322 e. The van der Waals surface area contributed by atoms with Crippen molar-refractivity contribution in [2.24, 2.45) is 5.84 Å². The number of methoxy groups -OCH3 is 1. The van der Waals surface area contributed by atoms with Gasteiger partial charge in [0.2, 0.25) is 11.9 Å². The summed E-state index contributed by atoms with van der Waals surface area (Å²) in [6, 6.07) is 8.02. The van der Waals surface area contributed by atoms with Crippen molar-refractivity contribution < 1.29 is 4.74 Å². The van der Waals surface area contributed by atoms with Gasteiger partial charge in [-0.1, -0.05) is 0 Å². The van der Waals surface area contributed by atoms with Gasteiger partial charge in [0.15, 0.2) is 0 Å². The molecule has 2 aromatic rings. The summed E-state index contributed by atoms with van der Waals surface area (Å²) in [5.41, 5.74) is 4.32. The lowest BCUT2D eigenvalue weighted by Gasteiger charge is -2.13. The first-order valence-electron chi connectivity index (χ1n) is 5.93. The van der Waals surface area contributed by atoms with Crippen molar-refractivity contribution >= 4 is 23.3 Å². The summed E-state index contributed by atoms with van der Waals surface area (Å²) in [7, 11) is 5.45. The fraction of sp³-hybridized carbons (Fsp3) is 0.250. The molecule has 0 unspecified atom stereocenters. The molecule has 0 aliphatic heterocycles. The van der Waals surface area contributed by atoms with Crippen molar-refractivity contribution in [3.05, 3.63) is 24.3 Å². The molecule has 1 heterocycles. The van der Waals surface area contributed by atoms with Gasteiger partial charge in [-0.25, -0.2) is 5.84 Å². The highest BCUT2D eigenvalue weighted by molar-refractivity contribution is 5.59. The summed E-state index contributed by atoms with van der Waals surface area (Å²) in [4.78, 5) is 14.1. The first-order chi connectivity index (χ1) is 9.62. The zero-order chi connectivity index (χ0) is 14.5. The third kappa shape index (κ3) is 3.23. The molecule has 106 valence electrons. The fourth-order valence-corrected chi connectivity index (χ4v) is 1.54. The fourth-order valence-electron chi connectivity index (χ4n) is 1.54. The summed E-state index contributed by atoms with van der Waals surface area (Å²) >= 11 is 0. The molecule has 8 nitrogen and oxygen atoms in total. The third-order valence-electron chi connectivity index (χ3n) is 2.57. The second-order valence-corrected chi connectivity index (χ2v) is 4.18. The van der Waals surface area contributed by atoms with Crippen LogP contribution < -0.4 is 26.2 Å². The Morgan fingerprint density at radius 3 is 2.25 bits per heavy atom. The average molecular weight is 275 g/mol. The van der Waals surface area contributed by atoms with Crippen LogP contribution in [-0.2, 0) is 0 Å².